The van der Waals surface area contributed by atoms with Gasteiger partial charge in [0.25, 0.3) is 0 Å². The number of rotatable bonds is 9. The molecular formula is C21H37N5. The van der Waals surface area contributed by atoms with Gasteiger partial charge >= 0.3 is 0 Å². The van der Waals surface area contributed by atoms with E-state index in [9.17, 15) is 0 Å². The smallest absolute Gasteiger partial charge is 0.190 e. The summed E-state index contributed by atoms with van der Waals surface area (Å²) in [6.07, 6.45) is 2.39. The predicted octanol–water partition coefficient (Wildman–Crippen LogP) is 2.40. The first-order chi connectivity index (χ1) is 12.6. The molecule has 0 radical (unpaired) electrons. The SMILES string of the molecule is CCN1CCC(CNC(=NC)NCCC(C)N(C)Cc2ccccc2)C1. The van der Waals surface area contributed by atoms with Crippen molar-refractivity contribution in [1.82, 2.24) is 20.4 Å². The number of likely N-dealkylation sites (tertiary alicyclic amines) is 1. The lowest BCUT2D eigenvalue weighted by Crippen LogP contribution is -2.42. The number of hydrogen-bond acceptors (Lipinski definition) is 3. The van der Waals surface area contributed by atoms with Crippen LogP contribution in [0.15, 0.2) is 35.3 Å². The first-order valence-corrected chi connectivity index (χ1v) is 10.0. The lowest BCUT2D eigenvalue weighted by atomic mass is 10.1. The fraction of sp³-hybridized carbons (Fsp3) is 0.667. The van der Waals surface area contributed by atoms with Gasteiger partial charge in [-0.2, -0.15) is 0 Å². The highest BCUT2D eigenvalue weighted by Crippen LogP contribution is 2.14. The van der Waals surface area contributed by atoms with Crippen LogP contribution in [-0.4, -0.2) is 68.6 Å². The molecule has 0 saturated carbocycles. The quantitative estimate of drug-likeness (QED) is 0.525. The Bertz CT molecular complexity index is 530. The molecule has 26 heavy (non-hydrogen) atoms. The van der Waals surface area contributed by atoms with Gasteiger partial charge in [0.15, 0.2) is 5.96 Å². The molecule has 1 heterocycles. The maximum atomic E-state index is 4.36. The van der Waals surface area contributed by atoms with Crippen LogP contribution in [0.5, 0.6) is 0 Å². The van der Waals surface area contributed by atoms with Gasteiger partial charge in [-0.05, 0) is 51.4 Å². The van der Waals surface area contributed by atoms with Gasteiger partial charge in [0.2, 0.25) is 0 Å². The normalized spacial score (nSPS) is 19.7. The summed E-state index contributed by atoms with van der Waals surface area (Å²) in [5.74, 6) is 1.67. The fourth-order valence-electron chi connectivity index (χ4n) is 3.48. The van der Waals surface area contributed by atoms with Gasteiger partial charge in [-0.3, -0.25) is 9.89 Å². The first kappa shape index (κ1) is 20.7. The Labute approximate surface area is 159 Å². The third-order valence-electron chi connectivity index (χ3n) is 5.48. The summed E-state index contributed by atoms with van der Waals surface area (Å²) in [6, 6.07) is 11.2. The predicted molar refractivity (Wildman–Crippen MR) is 112 cm³/mol. The summed E-state index contributed by atoms with van der Waals surface area (Å²) in [4.78, 5) is 9.29. The monoisotopic (exact) mass is 359 g/mol. The molecule has 0 spiro atoms. The van der Waals surface area contributed by atoms with Crippen molar-refractivity contribution in [2.45, 2.75) is 39.3 Å². The summed E-state index contributed by atoms with van der Waals surface area (Å²) in [6.45, 7) is 11.1. The molecule has 1 aromatic carbocycles. The number of nitrogens with one attached hydrogen (secondary N) is 2. The minimum Gasteiger partial charge on any atom is -0.356 e. The Morgan fingerprint density at radius 3 is 2.73 bits per heavy atom. The molecule has 1 saturated heterocycles. The number of nitrogens with zero attached hydrogens (tertiary/aromatic N) is 3. The number of hydrogen-bond donors (Lipinski definition) is 2. The average molecular weight is 360 g/mol. The van der Waals surface area contributed by atoms with Crippen LogP contribution < -0.4 is 10.6 Å². The maximum Gasteiger partial charge on any atom is 0.190 e. The van der Waals surface area contributed by atoms with Gasteiger partial charge in [0, 0.05) is 39.3 Å². The topological polar surface area (TPSA) is 42.9 Å². The maximum absolute atomic E-state index is 4.36. The molecule has 5 nitrogen and oxygen atoms in total. The van der Waals surface area contributed by atoms with Crippen molar-refractivity contribution in [3.8, 4) is 0 Å². The van der Waals surface area contributed by atoms with E-state index in [1.54, 1.807) is 0 Å². The Kier molecular flexibility index (Phi) is 8.92. The van der Waals surface area contributed by atoms with Gasteiger partial charge in [0.1, 0.15) is 0 Å². The highest BCUT2D eigenvalue weighted by Gasteiger charge is 2.21. The van der Waals surface area contributed by atoms with Gasteiger partial charge < -0.3 is 15.5 Å². The van der Waals surface area contributed by atoms with E-state index in [1.165, 1.54) is 25.1 Å². The molecule has 1 aliphatic heterocycles. The van der Waals surface area contributed by atoms with Crippen molar-refractivity contribution in [2.24, 2.45) is 10.9 Å². The third kappa shape index (κ3) is 6.96. The number of guanidine groups is 1. The summed E-state index contributed by atoms with van der Waals surface area (Å²) in [7, 11) is 4.05. The summed E-state index contributed by atoms with van der Waals surface area (Å²) in [5, 5.41) is 6.96. The van der Waals surface area contributed by atoms with E-state index in [0.29, 0.717) is 6.04 Å². The molecule has 0 amide bonds. The molecular weight excluding hydrogens is 322 g/mol. The van der Waals surface area contributed by atoms with Crippen LogP contribution in [-0.2, 0) is 6.54 Å². The van der Waals surface area contributed by atoms with Crippen molar-refractivity contribution < 1.29 is 0 Å². The van der Waals surface area contributed by atoms with E-state index in [-0.39, 0.29) is 0 Å². The summed E-state index contributed by atoms with van der Waals surface area (Å²) in [5.41, 5.74) is 1.37. The zero-order valence-electron chi connectivity index (χ0n) is 17.0. The second-order valence-electron chi connectivity index (χ2n) is 7.47. The largest absolute Gasteiger partial charge is 0.356 e. The van der Waals surface area contributed by atoms with E-state index >= 15 is 0 Å². The van der Waals surface area contributed by atoms with E-state index in [1.807, 2.05) is 7.05 Å². The first-order valence-electron chi connectivity index (χ1n) is 10.0. The zero-order chi connectivity index (χ0) is 18.8. The van der Waals surface area contributed by atoms with Crippen LogP contribution in [0.4, 0.5) is 0 Å². The van der Waals surface area contributed by atoms with Crippen LogP contribution in [0.1, 0.15) is 32.3 Å². The van der Waals surface area contributed by atoms with Crippen molar-refractivity contribution in [1.29, 1.82) is 0 Å². The minimum atomic E-state index is 0.522. The van der Waals surface area contributed by atoms with E-state index in [0.717, 1.165) is 44.5 Å². The van der Waals surface area contributed by atoms with Crippen LogP contribution >= 0.6 is 0 Å². The second-order valence-corrected chi connectivity index (χ2v) is 7.47. The van der Waals surface area contributed by atoms with Crippen molar-refractivity contribution >= 4 is 5.96 Å². The lowest BCUT2D eigenvalue weighted by Gasteiger charge is -2.25. The van der Waals surface area contributed by atoms with Crippen LogP contribution in [0.25, 0.3) is 0 Å². The molecule has 1 aromatic rings. The Balaban J connectivity index is 1.63. The Morgan fingerprint density at radius 1 is 1.31 bits per heavy atom. The van der Waals surface area contributed by atoms with Crippen molar-refractivity contribution in [2.75, 3.05) is 46.8 Å². The summed E-state index contributed by atoms with van der Waals surface area (Å²) < 4.78 is 0. The Morgan fingerprint density at radius 2 is 2.08 bits per heavy atom. The van der Waals surface area contributed by atoms with E-state index in [4.69, 9.17) is 0 Å². The molecule has 0 bridgehead atoms. The second kappa shape index (κ2) is 11.2. The fourth-order valence-corrected chi connectivity index (χ4v) is 3.48. The molecule has 2 unspecified atom stereocenters. The standard InChI is InChI=1S/C21H37N5/c1-5-26-14-12-20(17-26)15-24-21(22-3)23-13-11-18(2)25(4)16-19-9-7-6-8-10-19/h6-10,18,20H,5,11-17H2,1-4H3,(H2,22,23,24). The van der Waals surface area contributed by atoms with E-state index < -0.39 is 0 Å². The van der Waals surface area contributed by atoms with Crippen molar-refractivity contribution in [3.05, 3.63) is 35.9 Å². The van der Waals surface area contributed by atoms with Gasteiger partial charge in [-0.15, -0.1) is 0 Å². The molecule has 2 rings (SSSR count). The molecule has 1 fully saturated rings. The number of aliphatic imine (C=N–C) groups is 1. The van der Waals surface area contributed by atoms with Gasteiger partial charge in [-0.1, -0.05) is 37.3 Å². The zero-order valence-corrected chi connectivity index (χ0v) is 17.0. The number of benzene rings is 1. The molecule has 0 aliphatic carbocycles. The van der Waals surface area contributed by atoms with Crippen molar-refractivity contribution in [3.63, 3.8) is 0 Å². The van der Waals surface area contributed by atoms with E-state index in [2.05, 4.69) is 76.7 Å². The van der Waals surface area contributed by atoms with Gasteiger partial charge in [-0.25, -0.2) is 0 Å². The van der Waals surface area contributed by atoms with Gasteiger partial charge in [0.05, 0.1) is 0 Å². The molecule has 2 N–H and O–H groups in total. The summed E-state index contributed by atoms with van der Waals surface area (Å²) >= 11 is 0. The highest BCUT2D eigenvalue weighted by molar-refractivity contribution is 5.79. The lowest BCUT2D eigenvalue weighted by molar-refractivity contribution is 0.238. The molecule has 5 heteroatoms. The van der Waals surface area contributed by atoms with Crippen LogP contribution in [0.2, 0.25) is 0 Å². The average Bonchev–Trinajstić information content (AvgIpc) is 3.13. The third-order valence-corrected chi connectivity index (χ3v) is 5.48. The molecule has 0 aromatic heterocycles. The highest BCUT2D eigenvalue weighted by atomic mass is 15.2. The minimum absolute atomic E-state index is 0.522. The molecule has 2 atom stereocenters. The molecule has 1 aliphatic rings. The van der Waals surface area contributed by atoms with Crippen LogP contribution in [0, 0.1) is 5.92 Å². The van der Waals surface area contributed by atoms with Crippen LogP contribution in [0.3, 0.4) is 0 Å². The Hall–Kier alpha value is -1.59. The molecule has 146 valence electrons.